The van der Waals surface area contributed by atoms with Crippen LogP contribution in [0.15, 0.2) is 18.3 Å². The van der Waals surface area contributed by atoms with E-state index < -0.39 is 36.0 Å². The van der Waals surface area contributed by atoms with Crippen molar-refractivity contribution in [3.8, 4) is 0 Å². The predicted octanol–water partition coefficient (Wildman–Crippen LogP) is 1.59. The van der Waals surface area contributed by atoms with Crippen molar-refractivity contribution in [3.63, 3.8) is 0 Å². The Kier molecular flexibility index (Phi) is 4.52. The number of hydrogen-bond donors (Lipinski definition) is 3. The molecular formula is C16H19F3N2O3. The minimum absolute atomic E-state index is 0.0821. The Balaban J connectivity index is 1.77. The number of alkyl halides is 3. The maximum absolute atomic E-state index is 12.6. The molecule has 2 aliphatic rings. The van der Waals surface area contributed by atoms with Gasteiger partial charge < -0.3 is 15.5 Å². The van der Waals surface area contributed by atoms with Crippen LogP contribution in [0.3, 0.4) is 0 Å². The molecule has 1 heterocycles. The van der Waals surface area contributed by atoms with E-state index in [-0.39, 0.29) is 18.2 Å². The molecule has 2 aliphatic carbocycles. The van der Waals surface area contributed by atoms with Crippen LogP contribution in [0.25, 0.3) is 0 Å². The van der Waals surface area contributed by atoms with Crippen LogP contribution >= 0.6 is 0 Å². The summed E-state index contributed by atoms with van der Waals surface area (Å²) < 4.78 is 37.8. The van der Waals surface area contributed by atoms with E-state index in [4.69, 9.17) is 0 Å². The first-order valence-electron chi connectivity index (χ1n) is 7.97. The Morgan fingerprint density at radius 2 is 1.96 bits per heavy atom. The van der Waals surface area contributed by atoms with Crippen molar-refractivity contribution in [1.82, 2.24) is 10.3 Å². The molecule has 24 heavy (non-hydrogen) atoms. The molecule has 0 bridgehead atoms. The van der Waals surface area contributed by atoms with Crippen molar-refractivity contribution in [3.05, 3.63) is 29.6 Å². The molecule has 0 radical (unpaired) electrons. The Morgan fingerprint density at radius 1 is 1.25 bits per heavy atom. The number of carbonyl (C=O) groups excluding carboxylic acids is 1. The van der Waals surface area contributed by atoms with Crippen molar-refractivity contribution >= 4 is 5.91 Å². The molecule has 1 aromatic rings. The molecule has 8 heteroatoms. The molecule has 4 atom stereocenters. The molecule has 5 nitrogen and oxygen atoms in total. The summed E-state index contributed by atoms with van der Waals surface area (Å²) in [5, 5.41) is 22.8. The second-order valence-electron chi connectivity index (χ2n) is 6.54. The van der Waals surface area contributed by atoms with Crippen molar-refractivity contribution in [2.45, 2.75) is 56.0 Å². The summed E-state index contributed by atoms with van der Waals surface area (Å²) in [5.74, 6) is -0.737. The molecule has 0 aromatic carbocycles. The van der Waals surface area contributed by atoms with E-state index in [1.54, 1.807) is 0 Å². The van der Waals surface area contributed by atoms with Gasteiger partial charge in [-0.15, -0.1) is 0 Å². The van der Waals surface area contributed by atoms with Crippen LogP contribution in [0.4, 0.5) is 13.2 Å². The number of aliphatic hydroxyl groups is 2. The Labute approximate surface area is 136 Å². The Hall–Kier alpha value is -1.67. The molecule has 3 rings (SSSR count). The van der Waals surface area contributed by atoms with Crippen molar-refractivity contribution in [2.75, 3.05) is 0 Å². The van der Waals surface area contributed by atoms with Crippen LogP contribution in [-0.2, 0) is 11.0 Å². The fourth-order valence-electron chi connectivity index (χ4n) is 3.30. The largest absolute Gasteiger partial charge is 0.433 e. The van der Waals surface area contributed by atoms with Gasteiger partial charge >= 0.3 is 6.18 Å². The molecule has 0 unspecified atom stereocenters. The predicted molar refractivity (Wildman–Crippen MR) is 77.9 cm³/mol. The Morgan fingerprint density at radius 3 is 2.46 bits per heavy atom. The first-order chi connectivity index (χ1) is 11.3. The van der Waals surface area contributed by atoms with Crippen LogP contribution in [0, 0.1) is 5.92 Å². The number of carbonyl (C=O) groups is 1. The second-order valence-corrected chi connectivity index (χ2v) is 6.54. The third-order valence-electron chi connectivity index (χ3n) is 4.98. The molecular weight excluding hydrogens is 325 g/mol. The fourth-order valence-corrected chi connectivity index (χ4v) is 3.30. The van der Waals surface area contributed by atoms with Gasteiger partial charge in [0.25, 0.3) is 0 Å². The zero-order valence-electron chi connectivity index (χ0n) is 12.8. The van der Waals surface area contributed by atoms with Gasteiger partial charge in [-0.1, -0.05) is 12.5 Å². The van der Waals surface area contributed by atoms with Gasteiger partial charge in [0.05, 0.1) is 12.1 Å². The highest BCUT2D eigenvalue weighted by atomic mass is 19.4. The van der Waals surface area contributed by atoms with Crippen LogP contribution in [0.5, 0.6) is 0 Å². The van der Waals surface area contributed by atoms with Gasteiger partial charge in [0, 0.05) is 18.0 Å². The number of aromatic nitrogens is 1. The molecule has 1 aromatic heterocycles. The monoisotopic (exact) mass is 344 g/mol. The van der Waals surface area contributed by atoms with Crippen LogP contribution < -0.4 is 5.32 Å². The molecule has 1 amide bonds. The maximum Gasteiger partial charge on any atom is 0.433 e. The van der Waals surface area contributed by atoms with E-state index in [1.807, 2.05) is 0 Å². The highest BCUT2D eigenvalue weighted by Crippen LogP contribution is 2.37. The lowest BCUT2D eigenvalue weighted by Crippen LogP contribution is -2.48. The lowest BCUT2D eigenvalue weighted by Gasteiger charge is -2.29. The van der Waals surface area contributed by atoms with E-state index in [1.165, 1.54) is 6.07 Å². The number of hydrogen-bond acceptors (Lipinski definition) is 4. The van der Waals surface area contributed by atoms with E-state index in [2.05, 4.69) is 10.3 Å². The number of amides is 1. The first-order valence-corrected chi connectivity index (χ1v) is 7.97. The smallest absolute Gasteiger partial charge is 0.390 e. The summed E-state index contributed by atoms with van der Waals surface area (Å²) in [4.78, 5) is 15.5. The van der Waals surface area contributed by atoms with Gasteiger partial charge in [-0.05, 0) is 30.9 Å². The van der Waals surface area contributed by atoms with Crippen molar-refractivity contribution in [1.29, 1.82) is 0 Å². The lowest BCUT2D eigenvalue weighted by molar-refractivity contribution is -0.141. The summed E-state index contributed by atoms with van der Waals surface area (Å²) in [6.45, 7) is 0. The van der Waals surface area contributed by atoms with Crippen LogP contribution in [0.2, 0.25) is 0 Å². The lowest BCUT2D eigenvalue weighted by atomic mass is 9.84. The van der Waals surface area contributed by atoms with E-state index in [0.717, 1.165) is 31.5 Å². The number of aliphatic hydroxyl groups excluding tert-OH is 2. The minimum atomic E-state index is -4.52. The number of pyridine rings is 1. The van der Waals surface area contributed by atoms with E-state index in [9.17, 15) is 28.2 Å². The quantitative estimate of drug-likeness (QED) is 0.778. The zero-order valence-corrected chi connectivity index (χ0v) is 12.8. The topological polar surface area (TPSA) is 82.5 Å². The minimum Gasteiger partial charge on any atom is -0.390 e. The molecule has 2 saturated carbocycles. The zero-order chi connectivity index (χ0) is 17.5. The van der Waals surface area contributed by atoms with Gasteiger partial charge in [-0.2, -0.15) is 13.2 Å². The van der Waals surface area contributed by atoms with Crippen LogP contribution in [-0.4, -0.2) is 39.4 Å². The molecule has 132 valence electrons. The van der Waals surface area contributed by atoms with E-state index in [0.29, 0.717) is 5.56 Å². The molecule has 0 aliphatic heterocycles. The standard InChI is InChI=1S/C16H19F3N2O3/c17-16(18,19)12-5-4-9(7-20-12)10-6-11(22)14(23)13(10)21-15(24)8-2-1-3-8/h4-5,7-8,10-11,13-14,22-23H,1-3,6H2,(H,21,24)/t10-,11-,13-,14-/m1/s1. The second kappa shape index (κ2) is 6.33. The van der Waals surface area contributed by atoms with Gasteiger partial charge in [0.2, 0.25) is 5.91 Å². The molecule has 2 fully saturated rings. The summed E-state index contributed by atoms with van der Waals surface area (Å²) in [6.07, 6.45) is -2.88. The SMILES string of the molecule is O=C(N[C@H]1[C@H](O)[C@H](O)C[C@@H]1c1ccc(C(F)(F)F)nc1)C1CCC1. The number of nitrogens with zero attached hydrogens (tertiary/aromatic N) is 1. The molecule has 0 spiro atoms. The normalized spacial score (nSPS) is 30.9. The number of rotatable bonds is 3. The van der Waals surface area contributed by atoms with Crippen molar-refractivity contribution in [2.24, 2.45) is 5.92 Å². The average Bonchev–Trinajstić information content (AvgIpc) is 2.73. The van der Waals surface area contributed by atoms with Crippen LogP contribution in [0.1, 0.15) is 42.9 Å². The van der Waals surface area contributed by atoms with Gasteiger partial charge in [-0.25, -0.2) is 0 Å². The number of nitrogens with one attached hydrogen (secondary N) is 1. The molecule has 0 saturated heterocycles. The fraction of sp³-hybridized carbons (Fsp3) is 0.625. The van der Waals surface area contributed by atoms with Gasteiger partial charge in [-0.3, -0.25) is 9.78 Å². The summed E-state index contributed by atoms with van der Waals surface area (Å²) in [5.41, 5.74) is -0.544. The van der Waals surface area contributed by atoms with Crippen molar-refractivity contribution < 1.29 is 28.2 Å². The van der Waals surface area contributed by atoms with E-state index >= 15 is 0 Å². The number of halogens is 3. The average molecular weight is 344 g/mol. The third-order valence-corrected chi connectivity index (χ3v) is 4.98. The van der Waals surface area contributed by atoms with Gasteiger partial charge in [0.1, 0.15) is 11.8 Å². The van der Waals surface area contributed by atoms with Gasteiger partial charge in [0.15, 0.2) is 0 Å². The summed E-state index contributed by atoms with van der Waals surface area (Å²) in [7, 11) is 0. The summed E-state index contributed by atoms with van der Waals surface area (Å²) in [6, 6.07) is 1.43. The summed E-state index contributed by atoms with van der Waals surface area (Å²) >= 11 is 0. The highest BCUT2D eigenvalue weighted by molar-refractivity contribution is 5.80. The first kappa shape index (κ1) is 17.2. The highest BCUT2D eigenvalue weighted by Gasteiger charge is 2.44. The molecule has 3 N–H and O–H groups in total. The maximum atomic E-state index is 12.6. The Bertz CT molecular complexity index is 602. The third kappa shape index (κ3) is 3.25.